The van der Waals surface area contributed by atoms with E-state index in [0.717, 1.165) is 5.56 Å². The van der Waals surface area contributed by atoms with Gasteiger partial charge in [0.15, 0.2) is 5.11 Å². The van der Waals surface area contributed by atoms with Crippen LogP contribution in [0.15, 0.2) is 71.7 Å². The van der Waals surface area contributed by atoms with Crippen LogP contribution >= 0.6 is 24.0 Å². The summed E-state index contributed by atoms with van der Waals surface area (Å²) in [4.78, 5) is 37.6. The minimum Gasteiger partial charge on any atom is -0.298 e. The van der Waals surface area contributed by atoms with E-state index < -0.39 is 16.7 Å². The Morgan fingerprint density at radius 1 is 1.20 bits per heavy atom. The fourth-order valence-electron chi connectivity index (χ4n) is 2.78. The molecule has 3 rings (SSSR count). The van der Waals surface area contributed by atoms with Crippen molar-refractivity contribution in [3.05, 3.63) is 88.0 Å². The summed E-state index contributed by atoms with van der Waals surface area (Å²) in [5.41, 5.74) is 1.18. The lowest BCUT2D eigenvalue weighted by Crippen LogP contribution is -2.53. The largest absolute Gasteiger partial charge is 0.298 e. The van der Waals surface area contributed by atoms with Gasteiger partial charge in [0.2, 0.25) is 0 Å². The number of hydrogen-bond acceptors (Lipinski definition) is 6. The lowest BCUT2D eigenvalue weighted by Gasteiger charge is -2.27. The van der Waals surface area contributed by atoms with Gasteiger partial charge < -0.3 is 0 Å². The standard InChI is InChI=1S/C21H17N3O4S2/c1-2-10-23-20(26)16(19(25)22-21(23)29)11-15-8-9-18(17(12-15)24(27)28)30-13-14-6-4-3-5-7-14/h2-9,11-12H,1,10,13H2,(H,22,25,29)/b16-11+. The molecule has 1 N–H and O–H groups in total. The van der Waals surface area contributed by atoms with E-state index >= 15 is 0 Å². The van der Waals surface area contributed by atoms with Crippen molar-refractivity contribution in [1.82, 2.24) is 10.2 Å². The van der Waals surface area contributed by atoms with Crippen LogP contribution in [0.2, 0.25) is 0 Å². The number of amides is 2. The fraction of sp³-hybridized carbons (Fsp3) is 0.0952. The monoisotopic (exact) mass is 439 g/mol. The van der Waals surface area contributed by atoms with Gasteiger partial charge in [-0.15, -0.1) is 18.3 Å². The molecular weight excluding hydrogens is 422 g/mol. The maximum atomic E-state index is 12.6. The number of thioether (sulfide) groups is 1. The Morgan fingerprint density at radius 3 is 2.60 bits per heavy atom. The van der Waals surface area contributed by atoms with Gasteiger partial charge in [0.05, 0.1) is 9.82 Å². The number of thiocarbonyl (C=S) groups is 1. The zero-order valence-electron chi connectivity index (χ0n) is 15.7. The van der Waals surface area contributed by atoms with Crippen molar-refractivity contribution in [2.24, 2.45) is 0 Å². The lowest BCUT2D eigenvalue weighted by atomic mass is 10.1. The Balaban J connectivity index is 1.89. The normalized spacial score (nSPS) is 15.3. The predicted octanol–water partition coefficient (Wildman–Crippen LogP) is 3.70. The SMILES string of the molecule is C=CCN1C(=O)/C(=C/c2ccc(SCc3ccccc3)c([N+](=O)[O-])c2)C(=O)NC1=S. The Labute approximate surface area is 182 Å². The number of carbonyl (C=O) groups excluding carboxylic acids is 2. The molecule has 1 saturated heterocycles. The third kappa shape index (κ3) is 4.81. The molecule has 1 aliphatic rings. The lowest BCUT2D eigenvalue weighted by molar-refractivity contribution is -0.387. The molecule has 1 fully saturated rings. The maximum Gasteiger partial charge on any atom is 0.283 e. The molecule has 9 heteroatoms. The third-order valence-corrected chi connectivity index (χ3v) is 5.68. The molecule has 0 unspecified atom stereocenters. The second-order valence-electron chi connectivity index (χ2n) is 6.28. The van der Waals surface area contributed by atoms with Gasteiger partial charge >= 0.3 is 0 Å². The summed E-state index contributed by atoms with van der Waals surface area (Å²) < 4.78 is 0. The number of rotatable bonds is 7. The van der Waals surface area contributed by atoms with Crippen LogP contribution in [0.4, 0.5) is 5.69 Å². The fourth-order valence-corrected chi connectivity index (χ4v) is 3.99. The van der Waals surface area contributed by atoms with E-state index in [-0.39, 0.29) is 22.9 Å². The highest BCUT2D eigenvalue weighted by Crippen LogP contribution is 2.33. The Morgan fingerprint density at radius 2 is 1.93 bits per heavy atom. The molecule has 0 spiro atoms. The van der Waals surface area contributed by atoms with Gasteiger partial charge in [-0.3, -0.25) is 29.9 Å². The van der Waals surface area contributed by atoms with E-state index in [1.165, 1.54) is 34.9 Å². The van der Waals surface area contributed by atoms with Crippen molar-refractivity contribution < 1.29 is 14.5 Å². The summed E-state index contributed by atoms with van der Waals surface area (Å²) in [6, 6.07) is 14.2. The quantitative estimate of drug-likeness (QED) is 0.135. The minimum atomic E-state index is -0.643. The van der Waals surface area contributed by atoms with E-state index in [0.29, 0.717) is 16.2 Å². The zero-order valence-corrected chi connectivity index (χ0v) is 17.4. The van der Waals surface area contributed by atoms with Gasteiger partial charge in [-0.1, -0.05) is 42.5 Å². The van der Waals surface area contributed by atoms with Gasteiger partial charge in [0.1, 0.15) is 5.57 Å². The van der Waals surface area contributed by atoms with E-state index in [2.05, 4.69) is 11.9 Å². The number of nitro benzene ring substituents is 1. The highest BCUT2D eigenvalue weighted by Gasteiger charge is 2.32. The molecule has 0 atom stereocenters. The van der Waals surface area contributed by atoms with E-state index in [1.807, 2.05) is 30.3 Å². The molecule has 0 saturated carbocycles. The molecule has 1 heterocycles. The molecular formula is C21H17N3O4S2. The Bertz CT molecular complexity index is 1070. The Kier molecular flexibility index (Phi) is 6.76. The summed E-state index contributed by atoms with van der Waals surface area (Å²) in [5, 5.41) is 14.0. The molecule has 1 aliphatic heterocycles. The first kappa shape index (κ1) is 21.4. The number of nitrogens with one attached hydrogen (secondary N) is 1. The molecule has 0 radical (unpaired) electrons. The zero-order chi connectivity index (χ0) is 21.7. The average Bonchev–Trinajstić information content (AvgIpc) is 2.73. The van der Waals surface area contributed by atoms with Crippen LogP contribution in [-0.2, 0) is 15.3 Å². The van der Waals surface area contributed by atoms with Crippen LogP contribution in [0, 0.1) is 10.1 Å². The summed E-state index contributed by atoms with van der Waals surface area (Å²) in [6.07, 6.45) is 2.82. The third-order valence-electron chi connectivity index (χ3n) is 4.23. The number of benzene rings is 2. The van der Waals surface area contributed by atoms with Crippen molar-refractivity contribution in [2.75, 3.05) is 6.54 Å². The van der Waals surface area contributed by atoms with Crippen LogP contribution in [0.1, 0.15) is 11.1 Å². The number of nitrogens with zero attached hydrogens (tertiary/aromatic N) is 2. The predicted molar refractivity (Wildman–Crippen MR) is 120 cm³/mol. The highest BCUT2D eigenvalue weighted by molar-refractivity contribution is 7.98. The van der Waals surface area contributed by atoms with Gasteiger partial charge in [-0.05, 0) is 35.5 Å². The van der Waals surface area contributed by atoms with Crippen LogP contribution in [-0.4, -0.2) is 33.3 Å². The maximum absolute atomic E-state index is 12.6. The van der Waals surface area contributed by atoms with Gasteiger partial charge in [0, 0.05) is 18.4 Å². The minimum absolute atomic E-state index is 0.000639. The molecule has 0 bridgehead atoms. The van der Waals surface area contributed by atoms with Crippen molar-refractivity contribution in [3.63, 3.8) is 0 Å². The molecule has 2 aromatic carbocycles. The first-order valence-corrected chi connectivity index (χ1v) is 10.2. The van der Waals surface area contributed by atoms with E-state index in [4.69, 9.17) is 12.2 Å². The first-order chi connectivity index (χ1) is 14.4. The summed E-state index contributed by atoms with van der Waals surface area (Å²) in [6.45, 7) is 3.71. The molecule has 2 amide bonds. The van der Waals surface area contributed by atoms with E-state index in [9.17, 15) is 19.7 Å². The number of hydrogen-bond donors (Lipinski definition) is 1. The summed E-state index contributed by atoms with van der Waals surface area (Å²) >= 11 is 6.36. The van der Waals surface area contributed by atoms with Crippen LogP contribution in [0.25, 0.3) is 6.08 Å². The second-order valence-corrected chi connectivity index (χ2v) is 7.68. The smallest absolute Gasteiger partial charge is 0.283 e. The van der Waals surface area contributed by atoms with E-state index in [1.54, 1.807) is 12.1 Å². The van der Waals surface area contributed by atoms with Crippen molar-refractivity contribution >= 4 is 52.7 Å². The molecule has 2 aromatic rings. The van der Waals surface area contributed by atoms with Crippen molar-refractivity contribution in [2.45, 2.75) is 10.6 Å². The summed E-state index contributed by atoms with van der Waals surface area (Å²) in [7, 11) is 0. The molecule has 0 aromatic heterocycles. The molecule has 0 aliphatic carbocycles. The van der Waals surface area contributed by atoms with Crippen LogP contribution < -0.4 is 5.32 Å². The molecule has 152 valence electrons. The topological polar surface area (TPSA) is 92.6 Å². The van der Waals surface area contributed by atoms with Gasteiger partial charge in [-0.2, -0.15) is 0 Å². The molecule has 7 nitrogen and oxygen atoms in total. The van der Waals surface area contributed by atoms with Crippen LogP contribution in [0.5, 0.6) is 0 Å². The second kappa shape index (κ2) is 9.47. The average molecular weight is 440 g/mol. The van der Waals surface area contributed by atoms with Crippen molar-refractivity contribution in [1.29, 1.82) is 0 Å². The Hall–Kier alpha value is -3.30. The first-order valence-electron chi connectivity index (χ1n) is 8.85. The molecule has 30 heavy (non-hydrogen) atoms. The van der Waals surface area contributed by atoms with Gasteiger partial charge in [0.25, 0.3) is 17.5 Å². The van der Waals surface area contributed by atoms with Crippen molar-refractivity contribution in [3.8, 4) is 0 Å². The van der Waals surface area contributed by atoms with Crippen LogP contribution in [0.3, 0.4) is 0 Å². The summed E-state index contributed by atoms with van der Waals surface area (Å²) in [5.74, 6) is -0.638. The number of nitro groups is 1. The highest BCUT2D eigenvalue weighted by atomic mass is 32.2. The van der Waals surface area contributed by atoms with Gasteiger partial charge in [-0.25, -0.2) is 0 Å². The number of carbonyl (C=O) groups is 2.